The van der Waals surface area contributed by atoms with E-state index in [4.69, 9.17) is 14.8 Å². The van der Waals surface area contributed by atoms with Gasteiger partial charge < -0.3 is 14.8 Å². The van der Waals surface area contributed by atoms with Gasteiger partial charge in [-0.3, -0.25) is 4.79 Å². The number of hydrogen-bond donors (Lipinski definition) is 1. The number of benzene rings is 3. The number of aryl methyl sites for hydroxylation is 2. The minimum Gasteiger partial charge on any atom is -0.512 e. The molecule has 1 aromatic heterocycles. The van der Waals surface area contributed by atoms with Gasteiger partial charge in [-0.2, -0.15) is 0 Å². The van der Waals surface area contributed by atoms with E-state index in [0.717, 1.165) is 33.3 Å². The number of nitrogens with zero attached hydrogens (tertiary/aromatic N) is 1. The summed E-state index contributed by atoms with van der Waals surface area (Å²) in [4.78, 5) is 14.7. The molecule has 0 spiro atoms. The third kappa shape index (κ3) is 7.74. The van der Waals surface area contributed by atoms with Gasteiger partial charge in [0.2, 0.25) is 0 Å². The summed E-state index contributed by atoms with van der Waals surface area (Å²) in [6, 6.07) is 20.5. The Morgan fingerprint density at radius 2 is 1.67 bits per heavy atom. The Morgan fingerprint density at radius 3 is 2.25 bits per heavy atom. The molecule has 0 bridgehead atoms. The Labute approximate surface area is 227 Å². The van der Waals surface area contributed by atoms with E-state index in [1.54, 1.807) is 0 Å². The van der Waals surface area contributed by atoms with Gasteiger partial charge in [0.1, 0.15) is 5.75 Å². The zero-order chi connectivity index (χ0) is 25.8. The quantitative estimate of drug-likeness (QED) is 0.105. The molecule has 191 valence electrons. The molecule has 0 unspecified atom stereocenters. The van der Waals surface area contributed by atoms with Gasteiger partial charge in [0, 0.05) is 37.8 Å². The molecule has 1 radical (unpaired) electrons. The SMILES string of the molecule is CC(=O)/C=C(/C)O.Cc1[c-]c(-c2nccc3c2ccc2c(OCC(C)(C)C)cccc23)cc(C)c1.[Ir]. The fraction of sp³-hybridized carbons (Fsp3) is 0.290. The number of hydrogen-bond acceptors (Lipinski definition) is 4. The van der Waals surface area contributed by atoms with Crippen molar-refractivity contribution in [3.8, 4) is 17.0 Å². The predicted molar refractivity (Wildman–Crippen MR) is 145 cm³/mol. The van der Waals surface area contributed by atoms with E-state index in [-0.39, 0.29) is 37.1 Å². The van der Waals surface area contributed by atoms with Crippen molar-refractivity contribution in [3.63, 3.8) is 0 Å². The van der Waals surface area contributed by atoms with Crippen LogP contribution in [0.4, 0.5) is 0 Å². The first-order chi connectivity index (χ1) is 16.4. The maximum atomic E-state index is 10.0. The Balaban J connectivity index is 0.000000503. The molecule has 1 N–H and O–H groups in total. The topological polar surface area (TPSA) is 59.4 Å². The van der Waals surface area contributed by atoms with E-state index in [2.05, 4.69) is 89.2 Å². The molecule has 1 heterocycles. The van der Waals surface area contributed by atoms with Gasteiger partial charge in [-0.05, 0) is 53.2 Å². The van der Waals surface area contributed by atoms with E-state index in [9.17, 15) is 4.79 Å². The first-order valence-electron chi connectivity index (χ1n) is 11.8. The molecule has 0 aliphatic rings. The molecule has 0 aliphatic carbocycles. The van der Waals surface area contributed by atoms with E-state index in [1.807, 2.05) is 6.20 Å². The van der Waals surface area contributed by atoms with Crippen molar-refractivity contribution in [2.24, 2.45) is 5.41 Å². The number of allylic oxidation sites excluding steroid dienone is 2. The van der Waals surface area contributed by atoms with Crippen LogP contribution in [0, 0.1) is 25.3 Å². The normalized spacial score (nSPS) is 11.5. The summed E-state index contributed by atoms with van der Waals surface area (Å²) < 4.78 is 6.16. The summed E-state index contributed by atoms with van der Waals surface area (Å²) >= 11 is 0. The average molecular weight is 661 g/mol. The summed E-state index contributed by atoms with van der Waals surface area (Å²) in [7, 11) is 0. The molecule has 0 atom stereocenters. The fourth-order valence-corrected chi connectivity index (χ4v) is 3.95. The Morgan fingerprint density at radius 1 is 1.00 bits per heavy atom. The number of rotatable bonds is 4. The molecular formula is C31H34IrNO3-. The number of pyridine rings is 1. The summed E-state index contributed by atoms with van der Waals surface area (Å²) in [5.41, 5.74) is 4.50. The third-order valence-corrected chi connectivity index (χ3v) is 5.24. The zero-order valence-corrected chi connectivity index (χ0v) is 24.4. The maximum Gasteiger partial charge on any atom is 0.155 e. The molecule has 3 aromatic carbocycles. The number of fused-ring (bicyclic) bond motifs is 3. The predicted octanol–water partition coefficient (Wildman–Crippen LogP) is 7.93. The standard InChI is InChI=1S/C26H26NO.C5H8O2.Ir/c1-17-13-18(2)15-19(14-17)25-23-10-9-22-20(21(23)11-12-27-25)7-6-8-24(22)28-16-26(3,4)5;1-4(6)3-5(2)7;/h6-14H,16H2,1-5H3;3,6H,1-2H3;/q-1;;/b;4-3-;. The first-order valence-corrected chi connectivity index (χ1v) is 11.8. The summed E-state index contributed by atoms with van der Waals surface area (Å²) in [6.45, 7) is 14.3. The molecule has 0 amide bonds. The molecule has 0 aliphatic heterocycles. The van der Waals surface area contributed by atoms with Crippen molar-refractivity contribution in [2.45, 2.75) is 48.5 Å². The number of ether oxygens (including phenoxy) is 1. The van der Waals surface area contributed by atoms with Crippen LogP contribution in [0.15, 0.2) is 66.6 Å². The molecule has 0 fully saturated rings. The minimum absolute atomic E-state index is 0. The molecule has 4 nitrogen and oxygen atoms in total. The second-order valence-electron chi connectivity index (χ2n) is 10.2. The van der Waals surface area contributed by atoms with Gasteiger partial charge in [-0.25, -0.2) is 0 Å². The van der Waals surface area contributed by atoms with E-state index >= 15 is 0 Å². The number of aromatic nitrogens is 1. The minimum atomic E-state index is -0.125. The number of aliphatic hydroxyl groups excluding tert-OH is 1. The fourth-order valence-electron chi connectivity index (χ4n) is 3.95. The van der Waals surface area contributed by atoms with Gasteiger partial charge in [-0.15, -0.1) is 34.9 Å². The molecular weight excluding hydrogens is 627 g/mol. The van der Waals surface area contributed by atoms with Crippen molar-refractivity contribution < 1.29 is 34.7 Å². The molecule has 0 saturated carbocycles. The number of carbonyl (C=O) groups is 1. The van der Waals surface area contributed by atoms with Crippen molar-refractivity contribution in [1.82, 2.24) is 4.98 Å². The van der Waals surface area contributed by atoms with Gasteiger partial charge in [0.05, 0.1) is 12.4 Å². The second kappa shape index (κ2) is 12.3. The smallest absolute Gasteiger partial charge is 0.155 e. The van der Waals surface area contributed by atoms with E-state index in [0.29, 0.717) is 6.61 Å². The third-order valence-electron chi connectivity index (χ3n) is 5.24. The van der Waals surface area contributed by atoms with Crippen molar-refractivity contribution in [2.75, 3.05) is 6.61 Å². The largest absolute Gasteiger partial charge is 0.512 e. The number of ketones is 1. The van der Waals surface area contributed by atoms with Gasteiger partial charge in [0.25, 0.3) is 0 Å². The number of aliphatic hydroxyl groups is 1. The monoisotopic (exact) mass is 661 g/mol. The molecule has 5 heteroatoms. The van der Waals surface area contributed by atoms with Crippen LogP contribution in [-0.2, 0) is 24.9 Å². The Hall–Kier alpha value is -3.01. The van der Waals surface area contributed by atoms with E-state index in [1.165, 1.54) is 36.3 Å². The molecule has 4 rings (SSSR count). The summed E-state index contributed by atoms with van der Waals surface area (Å²) in [6.07, 6.45) is 3.06. The van der Waals surface area contributed by atoms with Crippen LogP contribution in [0.3, 0.4) is 0 Å². The first kappa shape index (κ1) is 29.2. The van der Waals surface area contributed by atoms with Crippen molar-refractivity contribution >= 4 is 27.3 Å². The van der Waals surface area contributed by atoms with Crippen LogP contribution in [0.25, 0.3) is 32.8 Å². The Bertz CT molecular complexity index is 1380. The van der Waals surface area contributed by atoms with Crippen LogP contribution in [0.2, 0.25) is 0 Å². The zero-order valence-electron chi connectivity index (χ0n) is 22.0. The van der Waals surface area contributed by atoms with Crippen LogP contribution >= 0.6 is 0 Å². The maximum absolute atomic E-state index is 10.0. The molecule has 4 aromatic rings. The summed E-state index contributed by atoms with van der Waals surface area (Å²) in [5, 5.41) is 13.0. The molecule has 36 heavy (non-hydrogen) atoms. The molecule has 0 saturated heterocycles. The van der Waals surface area contributed by atoms with Crippen LogP contribution < -0.4 is 4.74 Å². The number of carbonyl (C=O) groups excluding carboxylic acids is 1. The second-order valence-corrected chi connectivity index (χ2v) is 10.2. The van der Waals surface area contributed by atoms with Gasteiger partial charge in [0.15, 0.2) is 5.78 Å². The van der Waals surface area contributed by atoms with Crippen molar-refractivity contribution in [1.29, 1.82) is 0 Å². The van der Waals surface area contributed by atoms with Crippen molar-refractivity contribution in [3.05, 3.63) is 83.8 Å². The van der Waals surface area contributed by atoms with Crippen LogP contribution in [0.5, 0.6) is 5.75 Å². The summed E-state index contributed by atoms with van der Waals surface area (Å²) in [5.74, 6) is 0.873. The van der Waals surface area contributed by atoms with E-state index < -0.39 is 0 Å². The van der Waals surface area contributed by atoms with Crippen LogP contribution in [-0.4, -0.2) is 22.5 Å². The Kier molecular flexibility index (Phi) is 9.98. The van der Waals surface area contributed by atoms with Gasteiger partial charge >= 0.3 is 0 Å². The average Bonchev–Trinajstić information content (AvgIpc) is 2.75. The van der Waals surface area contributed by atoms with Crippen LogP contribution in [0.1, 0.15) is 45.7 Å². The van der Waals surface area contributed by atoms with Gasteiger partial charge in [-0.1, -0.05) is 58.9 Å².